The van der Waals surface area contributed by atoms with Gasteiger partial charge in [-0.25, -0.2) is 0 Å². The van der Waals surface area contributed by atoms with Gasteiger partial charge in [0, 0.05) is 5.69 Å². The molecule has 0 heterocycles. The van der Waals surface area contributed by atoms with Gasteiger partial charge in [-0.15, -0.1) is 0 Å². The lowest BCUT2D eigenvalue weighted by atomic mass is 9.80. The van der Waals surface area contributed by atoms with Crippen molar-refractivity contribution in [2.45, 2.75) is 52.4 Å². The summed E-state index contributed by atoms with van der Waals surface area (Å²) in [6, 6.07) is 3.80. The molecular formula is C14H22NO-. The van der Waals surface area contributed by atoms with Crippen molar-refractivity contribution in [3.8, 4) is 5.75 Å². The Bertz CT molecular complexity index is 394. The first-order valence-electron chi connectivity index (χ1n) is 5.65. The first kappa shape index (κ1) is 12.9. The van der Waals surface area contributed by atoms with Crippen molar-refractivity contribution >= 4 is 5.69 Å². The Balaban J connectivity index is 3.46. The van der Waals surface area contributed by atoms with Gasteiger partial charge in [-0.3, -0.25) is 0 Å². The third-order valence-electron chi connectivity index (χ3n) is 2.79. The molecule has 0 radical (unpaired) electrons. The minimum atomic E-state index is -0.160. The van der Waals surface area contributed by atoms with Crippen LogP contribution in [0, 0.1) is 0 Å². The summed E-state index contributed by atoms with van der Waals surface area (Å²) in [4.78, 5) is 0. The molecule has 2 heteroatoms. The molecule has 16 heavy (non-hydrogen) atoms. The van der Waals surface area contributed by atoms with Crippen LogP contribution in [-0.2, 0) is 10.8 Å². The molecule has 0 aliphatic carbocycles. The monoisotopic (exact) mass is 220 g/mol. The highest BCUT2D eigenvalue weighted by Crippen LogP contribution is 2.37. The summed E-state index contributed by atoms with van der Waals surface area (Å²) in [5, 5.41) is 12.0. The third-order valence-corrected chi connectivity index (χ3v) is 2.79. The fourth-order valence-corrected chi connectivity index (χ4v) is 1.64. The number of rotatable bonds is 0. The highest BCUT2D eigenvalue weighted by atomic mass is 16.3. The fourth-order valence-electron chi connectivity index (χ4n) is 1.64. The number of hydrogen-bond donors (Lipinski definition) is 1. The van der Waals surface area contributed by atoms with Gasteiger partial charge in [0.25, 0.3) is 0 Å². The zero-order valence-electron chi connectivity index (χ0n) is 11.1. The lowest BCUT2D eigenvalue weighted by Gasteiger charge is -2.31. The van der Waals surface area contributed by atoms with Crippen LogP contribution in [0.1, 0.15) is 52.7 Å². The Labute approximate surface area is 98.5 Å². The molecule has 1 rings (SSSR count). The van der Waals surface area contributed by atoms with E-state index < -0.39 is 0 Å². The van der Waals surface area contributed by atoms with E-state index in [4.69, 9.17) is 5.73 Å². The molecule has 2 nitrogen and oxygen atoms in total. The standard InChI is InChI=1S/C14H23NO/c1-13(2,3)9-7-10(14(4,5)6)12(16)11(15)8-9/h7-8,16H,15H2,1-6H3/p-1. The van der Waals surface area contributed by atoms with Crippen molar-refractivity contribution < 1.29 is 5.11 Å². The van der Waals surface area contributed by atoms with Crippen LogP contribution in [0.5, 0.6) is 5.75 Å². The maximum Gasteiger partial charge on any atom is 0.0240 e. The van der Waals surface area contributed by atoms with Gasteiger partial charge < -0.3 is 10.8 Å². The molecule has 0 atom stereocenters. The largest absolute Gasteiger partial charge is 0.871 e. The summed E-state index contributed by atoms with van der Waals surface area (Å²) < 4.78 is 0. The van der Waals surface area contributed by atoms with Crippen LogP contribution in [0.25, 0.3) is 0 Å². The molecule has 2 N–H and O–H groups in total. The van der Waals surface area contributed by atoms with E-state index in [1.807, 2.05) is 26.8 Å². The lowest BCUT2D eigenvalue weighted by molar-refractivity contribution is -0.268. The van der Waals surface area contributed by atoms with Gasteiger partial charge in [-0.2, -0.15) is 0 Å². The van der Waals surface area contributed by atoms with E-state index >= 15 is 0 Å². The first-order valence-corrected chi connectivity index (χ1v) is 5.65. The number of nitrogen functional groups attached to an aromatic ring is 1. The number of nitrogens with two attached hydrogens (primary N) is 1. The lowest BCUT2D eigenvalue weighted by Crippen LogP contribution is -2.19. The zero-order valence-corrected chi connectivity index (χ0v) is 11.1. The molecule has 0 spiro atoms. The highest BCUT2D eigenvalue weighted by molar-refractivity contribution is 5.60. The zero-order chi connectivity index (χ0) is 12.7. The van der Waals surface area contributed by atoms with Gasteiger partial charge in [-0.1, -0.05) is 53.4 Å². The Kier molecular flexibility index (Phi) is 2.97. The van der Waals surface area contributed by atoms with Crippen molar-refractivity contribution in [2.24, 2.45) is 0 Å². The number of benzene rings is 1. The second kappa shape index (κ2) is 3.69. The van der Waals surface area contributed by atoms with Gasteiger partial charge in [0.05, 0.1) is 0 Å². The van der Waals surface area contributed by atoms with E-state index in [1.54, 1.807) is 6.07 Å². The van der Waals surface area contributed by atoms with E-state index in [-0.39, 0.29) is 16.6 Å². The van der Waals surface area contributed by atoms with Gasteiger partial charge >= 0.3 is 0 Å². The van der Waals surface area contributed by atoms with E-state index in [9.17, 15) is 5.11 Å². The van der Waals surface area contributed by atoms with Gasteiger partial charge in [0.2, 0.25) is 0 Å². The molecule has 0 saturated carbocycles. The third kappa shape index (κ3) is 2.49. The molecule has 1 aromatic rings. The Morgan fingerprint density at radius 1 is 0.938 bits per heavy atom. The van der Waals surface area contributed by atoms with Crippen molar-refractivity contribution in [2.75, 3.05) is 5.73 Å². The van der Waals surface area contributed by atoms with Crippen molar-refractivity contribution in [1.29, 1.82) is 0 Å². The molecule has 0 bridgehead atoms. The normalized spacial score (nSPS) is 12.9. The highest BCUT2D eigenvalue weighted by Gasteiger charge is 2.20. The molecule has 0 fully saturated rings. The van der Waals surface area contributed by atoms with E-state index in [2.05, 4.69) is 20.8 Å². The summed E-state index contributed by atoms with van der Waals surface area (Å²) in [5.41, 5.74) is 7.94. The predicted octanol–water partition coefficient (Wildman–Crippen LogP) is 2.94. The SMILES string of the molecule is CC(C)(C)c1cc(N)c([O-])c(C(C)(C)C)c1. The van der Waals surface area contributed by atoms with Gasteiger partial charge in [0.15, 0.2) is 0 Å². The maximum atomic E-state index is 12.0. The Morgan fingerprint density at radius 2 is 1.44 bits per heavy atom. The summed E-state index contributed by atoms with van der Waals surface area (Å²) in [5.74, 6) is -0.0273. The molecule has 0 saturated heterocycles. The molecular weight excluding hydrogens is 198 g/mol. The van der Waals surface area contributed by atoms with Crippen LogP contribution in [0.4, 0.5) is 5.69 Å². The summed E-state index contributed by atoms with van der Waals surface area (Å²) in [7, 11) is 0. The van der Waals surface area contributed by atoms with Crippen LogP contribution >= 0.6 is 0 Å². The molecule has 0 amide bonds. The second-order valence-electron chi connectivity index (χ2n) is 6.44. The minimum absolute atomic E-state index is 0.0157. The molecule has 0 aliphatic rings. The van der Waals surface area contributed by atoms with E-state index in [0.29, 0.717) is 5.69 Å². The Morgan fingerprint density at radius 3 is 1.81 bits per heavy atom. The Hall–Kier alpha value is -1.18. The molecule has 0 unspecified atom stereocenters. The first-order chi connectivity index (χ1) is 7.03. The summed E-state index contributed by atoms with van der Waals surface area (Å²) in [6.07, 6.45) is 0. The van der Waals surface area contributed by atoms with Crippen molar-refractivity contribution in [3.05, 3.63) is 23.3 Å². The average molecular weight is 220 g/mol. The summed E-state index contributed by atoms with van der Waals surface area (Å²) >= 11 is 0. The molecule has 1 aromatic carbocycles. The van der Waals surface area contributed by atoms with Crippen LogP contribution < -0.4 is 10.8 Å². The predicted molar refractivity (Wildman–Crippen MR) is 67.7 cm³/mol. The average Bonchev–Trinajstić information content (AvgIpc) is 2.05. The molecule has 90 valence electrons. The van der Waals surface area contributed by atoms with Crippen LogP contribution in [0.3, 0.4) is 0 Å². The second-order valence-corrected chi connectivity index (χ2v) is 6.44. The van der Waals surface area contributed by atoms with Crippen molar-refractivity contribution in [3.63, 3.8) is 0 Å². The summed E-state index contributed by atoms with van der Waals surface area (Å²) in [6.45, 7) is 12.5. The van der Waals surface area contributed by atoms with Crippen LogP contribution in [-0.4, -0.2) is 0 Å². The number of anilines is 1. The molecule has 0 aliphatic heterocycles. The smallest absolute Gasteiger partial charge is 0.0240 e. The maximum absolute atomic E-state index is 12.0. The topological polar surface area (TPSA) is 49.1 Å². The van der Waals surface area contributed by atoms with E-state index in [0.717, 1.165) is 11.1 Å². The van der Waals surface area contributed by atoms with Gasteiger partial charge in [0.1, 0.15) is 0 Å². The van der Waals surface area contributed by atoms with E-state index in [1.165, 1.54) is 0 Å². The fraction of sp³-hybridized carbons (Fsp3) is 0.571. The van der Waals surface area contributed by atoms with Crippen LogP contribution in [0.15, 0.2) is 12.1 Å². The number of hydrogen-bond acceptors (Lipinski definition) is 2. The minimum Gasteiger partial charge on any atom is -0.871 e. The van der Waals surface area contributed by atoms with Crippen molar-refractivity contribution in [1.82, 2.24) is 0 Å². The van der Waals surface area contributed by atoms with Gasteiger partial charge in [-0.05, 0) is 28.0 Å². The van der Waals surface area contributed by atoms with Crippen LogP contribution in [0.2, 0.25) is 0 Å². The quantitative estimate of drug-likeness (QED) is 0.683. The molecule has 0 aromatic heterocycles.